The van der Waals surface area contributed by atoms with Crippen LogP contribution in [0.1, 0.15) is 25.6 Å². The molecule has 0 aliphatic rings. The molecule has 0 radical (unpaired) electrons. The van der Waals surface area contributed by atoms with Gasteiger partial charge in [0.1, 0.15) is 0 Å². The summed E-state index contributed by atoms with van der Waals surface area (Å²) in [6.07, 6.45) is 3.02. The van der Waals surface area contributed by atoms with Crippen molar-refractivity contribution in [3.8, 4) is 0 Å². The van der Waals surface area contributed by atoms with Crippen molar-refractivity contribution in [2.45, 2.75) is 37.2 Å². The van der Waals surface area contributed by atoms with Gasteiger partial charge in [-0.3, -0.25) is 4.68 Å². The van der Waals surface area contributed by atoms with E-state index in [1.54, 1.807) is 0 Å². The van der Waals surface area contributed by atoms with Gasteiger partial charge in [0.15, 0.2) is 0 Å². The van der Waals surface area contributed by atoms with Crippen molar-refractivity contribution in [1.29, 1.82) is 0 Å². The van der Waals surface area contributed by atoms with Gasteiger partial charge in [0.2, 0.25) is 0 Å². The van der Waals surface area contributed by atoms with Gasteiger partial charge in [-0.15, -0.1) is 11.8 Å². The van der Waals surface area contributed by atoms with Gasteiger partial charge in [-0.1, -0.05) is 15.9 Å². The molecule has 2 rings (SSSR count). The number of hydrogen-bond donors (Lipinski definition) is 1. The molecule has 1 aromatic carbocycles. The topological polar surface area (TPSA) is 29.9 Å². The van der Waals surface area contributed by atoms with E-state index in [4.69, 9.17) is 0 Å². The Morgan fingerprint density at radius 1 is 1.24 bits per heavy atom. The van der Waals surface area contributed by atoms with Gasteiger partial charge in [-0.25, -0.2) is 0 Å². The molecule has 1 unspecified atom stereocenters. The minimum absolute atomic E-state index is 0.420. The van der Waals surface area contributed by atoms with Crippen LogP contribution in [0.5, 0.6) is 0 Å². The van der Waals surface area contributed by atoms with Crippen molar-refractivity contribution < 1.29 is 0 Å². The zero-order chi connectivity index (χ0) is 15.2. The Bertz CT molecular complexity index is 551. The van der Waals surface area contributed by atoms with Crippen molar-refractivity contribution in [3.05, 3.63) is 46.7 Å². The maximum Gasteiger partial charge on any atom is 0.0640 e. The number of benzene rings is 1. The number of hydrogen-bond acceptors (Lipinski definition) is 3. The molecule has 0 saturated heterocycles. The summed E-state index contributed by atoms with van der Waals surface area (Å²) in [6.45, 7) is 4.30. The number of nitrogens with zero attached hydrogens (tertiary/aromatic N) is 2. The molecular formula is C16H22BrN3S. The summed E-state index contributed by atoms with van der Waals surface area (Å²) in [5.41, 5.74) is 1.15. The Labute approximate surface area is 139 Å². The van der Waals surface area contributed by atoms with E-state index in [0.717, 1.165) is 22.3 Å². The molecule has 5 heteroatoms. The average Bonchev–Trinajstić information content (AvgIpc) is 2.94. The second-order valence-corrected chi connectivity index (χ2v) is 7.34. The van der Waals surface area contributed by atoms with E-state index in [0.29, 0.717) is 12.1 Å². The summed E-state index contributed by atoms with van der Waals surface area (Å²) in [6, 6.07) is 11.4. The molecule has 114 valence electrons. The second kappa shape index (κ2) is 8.01. The lowest BCUT2D eigenvalue weighted by molar-refractivity contribution is 0.518. The van der Waals surface area contributed by atoms with Crippen LogP contribution >= 0.6 is 27.7 Å². The third-order valence-corrected chi connectivity index (χ3v) is 5.02. The molecule has 21 heavy (non-hydrogen) atoms. The number of halogens is 1. The highest BCUT2D eigenvalue weighted by Gasteiger charge is 2.11. The fourth-order valence-corrected chi connectivity index (χ4v) is 3.27. The van der Waals surface area contributed by atoms with Crippen molar-refractivity contribution in [2.75, 3.05) is 12.8 Å². The molecule has 1 atom stereocenters. The highest BCUT2D eigenvalue weighted by molar-refractivity contribution is 9.10. The van der Waals surface area contributed by atoms with Crippen molar-refractivity contribution in [1.82, 2.24) is 15.1 Å². The third kappa shape index (κ3) is 5.16. The van der Waals surface area contributed by atoms with Gasteiger partial charge in [-0.2, -0.15) is 5.10 Å². The number of rotatable bonds is 7. The molecule has 0 bridgehead atoms. The maximum atomic E-state index is 4.63. The van der Waals surface area contributed by atoms with E-state index in [1.165, 1.54) is 4.90 Å². The first-order valence-corrected chi connectivity index (χ1v) is 8.96. The molecule has 0 amide bonds. The minimum atomic E-state index is 0.420. The summed E-state index contributed by atoms with van der Waals surface area (Å²) >= 11 is 5.34. The van der Waals surface area contributed by atoms with Gasteiger partial charge in [0.25, 0.3) is 0 Å². The fraction of sp³-hybridized carbons (Fsp3) is 0.438. The largest absolute Gasteiger partial charge is 0.316 e. The number of thioether (sulfide) groups is 1. The zero-order valence-corrected chi connectivity index (χ0v) is 15.1. The van der Waals surface area contributed by atoms with Gasteiger partial charge < -0.3 is 5.32 Å². The number of likely N-dealkylation sites (N-methyl/N-ethyl adjacent to an activating group) is 1. The van der Waals surface area contributed by atoms with Crippen LogP contribution in [-0.4, -0.2) is 28.6 Å². The van der Waals surface area contributed by atoms with Crippen LogP contribution in [0.15, 0.2) is 45.9 Å². The molecule has 2 aromatic rings. The Hall–Kier alpha value is -0.780. The van der Waals surface area contributed by atoms with Gasteiger partial charge in [-0.05, 0) is 51.2 Å². The predicted octanol–water partition coefficient (Wildman–Crippen LogP) is 4.15. The van der Waals surface area contributed by atoms with Gasteiger partial charge >= 0.3 is 0 Å². The van der Waals surface area contributed by atoms with Crippen LogP contribution in [0, 0.1) is 0 Å². The lowest BCUT2D eigenvalue weighted by atomic mass is 10.2. The first-order chi connectivity index (χ1) is 10.1. The Kier molecular flexibility index (Phi) is 6.33. The van der Waals surface area contributed by atoms with Crippen LogP contribution in [0.4, 0.5) is 0 Å². The molecule has 1 N–H and O–H groups in total. The van der Waals surface area contributed by atoms with Crippen molar-refractivity contribution in [3.63, 3.8) is 0 Å². The highest BCUT2D eigenvalue weighted by Crippen LogP contribution is 2.22. The zero-order valence-electron chi connectivity index (χ0n) is 12.7. The third-order valence-electron chi connectivity index (χ3n) is 3.32. The summed E-state index contributed by atoms with van der Waals surface area (Å²) < 4.78 is 3.14. The Morgan fingerprint density at radius 2 is 1.95 bits per heavy atom. The SMILES string of the molecule is CNC(CSc1ccc(Br)cc1)Cc1ccn(C(C)C)n1. The van der Waals surface area contributed by atoms with Crippen LogP contribution in [0.25, 0.3) is 0 Å². The second-order valence-electron chi connectivity index (χ2n) is 5.34. The summed E-state index contributed by atoms with van der Waals surface area (Å²) in [4.78, 5) is 1.30. The fourth-order valence-electron chi connectivity index (χ4n) is 2.00. The van der Waals surface area contributed by atoms with Crippen LogP contribution < -0.4 is 5.32 Å². The monoisotopic (exact) mass is 367 g/mol. The molecule has 1 aromatic heterocycles. The molecule has 0 aliphatic carbocycles. The quantitative estimate of drug-likeness (QED) is 0.745. The first-order valence-electron chi connectivity index (χ1n) is 7.18. The van der Waals surface area contributed by atoms with E-state index in [9.17, 15) is 0 Å². The predicted molar refractivity (Wildman–Crippen MR) is 94.0 cm³/mol. The van der Waals surface area contributed by atoms with Crippen molar-refractivity contribution >= 4 is 27.7 Å². The van der Waals surface area contributed by atoms with E-state index in [-0.39, 0.29) is 0 Å². The van der Waals surface area contributed by atoms with Crippen LogP contribution in [0.2, 0.25) is 0 Å². The molecule has 0 fully saturated rings. The summed E-state index contributed by atoms with van der Waals surface area (Å²) in [7, 11) is 2.02. The Balaban J connectivity index is 1.88. The standard InChI is InChI=1S/C16H22BrN3S/c1-12(2)20-9-8-14(19-20)10-15(18-3)11-21-16-6-4-13(17)5-7-16/h4-9,12,15,18H,10-11H2,1-3H3. The highest BCUT2D eigenvalue weighted by atomic mass is 79.9. The molecule has 0 aliphatic heterocycles. The molecule has 3 nitrogen and oxygen atoms in total. The molecule has 0 saturated carbocycles. The molecule has 1 heterocycles. The lowest BCUT2D eigenvalue weighted by Gasteiger charge is -2.14. The first kappa shape index (κ1) is 16.6. The van der Waals surface area contributed by atoms with Gasteiger partial charge in [0, 0.05) is 39.8 Å². The average molecular weight is 368 g/mol. The Morgan fingerprint density at radius 3 is 2.52 bits per heavy atom. The van der Waals surface area contributed by atoms with E-state index in [2.05, 4.69) is 76.7 Å². The van der Waals surface area contributed by atoms with Crippen molar-refractivity contribution in [2.24, 2.45) is 0 Å². The smallest absolute Gasteiger partial charge is 0.0640 e. The molecular weight excluding hydrogens is 346 g/mol. The van der Waals surface area contributed by atoms with Crippen LogP contribution in [-0.2, 0) is 6.42 Å². The minimum Gasteiger partial charge on any atom is -0.316 e. The summed E-state index contributed by atoms with van der Waals surface area (Å²) in [5.74, 6) is 1.03. The van der Waals surface area contributed by atoms with Gasteiger partial charge in [0.05, 0.1) is 5.69 Å². The van der Waals surface area contributed by atoms with Crippen LogP contribution in [0.3, 0.4) is 0 Å². The number of nitrogens with one attached hydrogen (secondary N) is 1. The maximum absolute atomic E-state index is 4.63. The lowest BCUT2D eigenvalue weighted by Crippen LogP contribution is -2.30. The van der Waals surface area contributed by atoms with E-state index >= 15 is 0 Å². The summed E-state index contributed by atoms with van der Waals surface area (Å²) in [5, 5.41) is 8.02. The van der Waals surface area contributed by atoms with E-state index in [1.807, 2.05) is 23.5 Å². The normalized spacial score (nSPS) is 12.8. The van der Waals surface area contributed by atoms with E-state index < -0.39 is 0 Å². The molecule has 0 spiro atoms. The number of aromatic nitrogens is 2.